The van der Waals surface area contributed by atoms with Gasteiger partial charge >= 0.3 is 0 Å². The number of hydrogen-bond donors (Lipinski definition) is 3. The number of rotatable bonds is 6. The van der Waals surface area contributed by atoms with Crippen LogP contribution in [0.15, 0.2) is 24.8 Å². The van der Waals surface area contributed by atoms with Crippen molar-refractivity contribution in [3.05, 3.63) is 30.3 Å². The summed E-state index contributed by atoms with van der Waals surface area (Å²) in [6, 6.07) is 5.94. The van der Waals surface area contributed by atoms with Crippen LogP contribution in [-0.4, -0.2) is 31.8 Å². The zero-order chi connectivity index (χ0) is 15.2. The maximum absolute atomic E-state index is 12.2. The molecule has 0 aliphatic carbocycles. The van der Waals surface area contributed by atoms with Crippen LogP contribution in [0.3, 0.4) is 0 Å². The first kappa shape index (κ1) is 15.9. The smallest absolute Gasteiger partial charge is 0.228 e. The lowest BCUT2D eigenvalue weighted by Crippen LogP contribution is -2.24. The Morgan fingerprint density at radius 2 is 2.33 bits per heavy atom. The molecule has 114 valence electrons. The number of carbonyl (C=O) groups is 1. The van der Waals surface area contributed by atoms with Gasteiger partial charge in [0, 0.05) is 34.9 Å². The van der Waals surface area contributed by atoms with E-state index in [0.29, 0.717) is 0 Å². The molecular weight excluding hydrogens is 282 g/mol. The lowest BCUT2D eigenvalue weighted by molar-refractivity contribution is -0.119. The predicted octanol–water partition coefficient (Wildman–Crippen LogP) is 3.00. The molecule has 1 aliphatic heterocycles. The molecule has 1 fully saturated rings. The molecular formula is C16H23N3OS. The molecule has 0 saturated carbocycles. The summed E-state index contributed by atoms with van der Waals surface area (Å²) in [6.45, 7) is 8.65. The van der Waals surface area contributed by atoms with Crippen molar-refractivity contribution in [2.75, 3.05) is 36.5 Å². The van der Waals surface area contributed by atoms with Crippen molar-refractivity contribution in [2.24, 2.45) is 5.92 Å². The van der Waals surface area contributed by atoms with E-state index in [2.05, 4.69) is 29.5 Å². The number of benzene rings is 1. The largest absolute Gasteiger partial charge is 0.385 e. The molecule has 1 aromatic rings. The Morgan fingerprint density at radius 3 is 2.95 bits per heavy atom. The molecule has 1 heterocycles. The summed E-state index contributed by atoms with van der Waals surface area (Å²) in [5.74, 6) is 0.173. The van der Waals surface area contributed by atoms with E-state index in [9.17, 15) is 4.79 Å². The zero-order valence-electron chi connectivity index (χ0n) is 12.7. The summed E-state index contributed by atoms with van der Waals surface area (Å²) in [7, 11) is 0. The van der Waals surface area contributed by atoms with Gasteiger partial charge < -0.3 is 16.0 Å². The highest BCUT2D eigenvalue weighted by Gasteiger charge is 2.22. The summed E-state index contributed by atoms with van der Waals surface area (Å²) in [5.41, 5.74) is 2.93. The fourth-order valence-corrected chi connectivity index (χ4v) is 2.83. The highest BCUT2D eigenvalue weighted by atomic mass is 32.2. The minimum atomic E-state index is 0.0772. The standard InChI is InChI=1S/C16H23N3OS/c1-4-18-15-9-13(5-6-14(15)11(2)21-3)19-16(20)12-7-8-17-10-12/h5-6,9,12,17-18H,2,4,7-8,10H2,1,3H3,(H,19,20). The van der Waals surface area contributed by atoms with Gasteiger partial charge in [-0.1, -0.05) is 6.58 Å². The second-order valence-electron chi connectivity index (χ2n) is 5.10. The number of nitrogens with one attached hydrogen (secondary N) is 3. The van der Waals surface area contributed by atoms with Crippen LogP contribution in [0.1, 0.15) is 18.9 Å². The lowest BCUT2D eigenvalue weighted by Gasteiger charge is -2.15. The maximum atomic E-state index is 12.2. The van der Waals surface area contributed by atoms with Crippen LogP contribution < -0.4 is 16.0 Å². The van der Waals surface area contributed by atoms with Crippen molar-refractivity contribution in [2.45, 2.75) is 13.3 Å². The Kier molecular flexibility index (Phi) is 5.70. The monoisotopic (exact) mass is 305 g/mol. The zero-order valence-corrected chi connectivity index (χ0v) is 13.5. The second-order valence-corrected chi connectivity index (χ2v) is 6.00. The third-order valence-electron chi connectivity index (χ3n) is 3.63. The molecule has 0 radical (unpaired) electrons. The predicted molar refractivity (Wildman–Crippen MR) is 92.8 cm³/mol. The van der Waals surface area contributed by atoms with Gasteiger partial charge in [0.25, 0.3) is 0 Å². The lowest BCUT2D eigenvalue weighted by atomic mass is 10.1. The Hall–Kier alpha value is -1.46. The average molecular weight is 305 g/mol. The summed E-state index contributed by atoms with van der Waals surface area (Å²) in [5, 5.41) is 9.56. The average Bonchev–Trinajstić information content (AvgIpc) is 3.01. The summed E-state index contributed by atoms with van der Waals surface area (Å²) in [4.78, 5) is 13.2. The van der Waals surface area contributed by atoms with Crippen molar-refractivity contribution < 1.29 is 4.79 Å². The SMILES string of the molecule is C=C(SC)c1ccc(NC(=O)C2CCNC2)cc1NCC. The van der Waals surface area contributed by atoms with Gasteiger partial charge in [-0.3, -0.25) is 4.79 Å². The van der Waals surface area contributed by atoms with E-state index in [1.54, 1.807) is 11.8 Å². The molecule has 1 atom stereocenters. The van der Waals surface area contributed by atoms with Crippen LogP contribution in [0.5, 0.6) is 0 Å². The van der Waals surface area contributed by atoms with E-state index in [0.717, 1.165) is 47.9 Å². The molecule has 1 unspecified atom stereocenters. The first-order valence-corrected chi connectivity index (χ1v) is 8.51. The van der Waals surface area contributed by atoms with Gasteiger partial charge in [-0.15, -0.1) is 11.8 Å². The number of carbonyl (C=O) groups excluding carboxylic acids is 1. The van der Waals surface area contributed by atoms with Crippen LogP contribution in [0.2, 0.25) is 0 Å². The Labute approximate surface area is 130 Å². The molecule has 5 heteroatoms. The minimum absolute atomic E-state index is 0.0772. The molecule has 3 N–H and O–H groups in total. The molecule has 2 rings (SSSR count). The summed E-state index contributed by atoms with van der Waals surface area (Å²) in [6.07, 6.45) is 2.92. The number of hydrogen-bond acceptors (Lipinski definition) is 4. The molecule has 0 aromatic heterocycles. The fourth-order valence-electron chi connectivity index (χ4n) is 2.43. The Balaban J connectivity index is 2.14. The Bertz CT molecular complexity index is 524. The van der Waals surface area contributed by atoms with E-state index in [1.807, 2.05) is 24.5 Å². The van der Waals surface area contributed by atoms with Crippen LogP contribution in [0.25, 0.3) is 4.91 Å². The van der Waals surface area contributed by atoms with E-state index < -0.39 is 0 Å². The quantitative estimate of drug-likeness (QED) is 0.756. The van der Waals surface area contributed by atoms with Crippen molar-refractivity contribution >= 4 is 33.9 Å². The van der Waals surface area contributed by atoms with Crippen LogP contribution >= 0.6 is 11.8 Å². The molecule has 1 aromatic carbocycles. The molecule has 0 bridgehead atoms. The molecule has 1 saturated heterocycles. The van der Waals surface area contributed by atoms with Gasteiger partial charge in [0.05, 0.1) is 5.92 Å². The maximum Gasteiger partial charge on any atom is 0.228 e. The van der Waals surface area contributed by atoms with Crippen molar-refractivity contribution in [3.8, 4) is 0 Å². The first-order valence-electron chi connectivity index (χ1n) is 7.28. The van der Waals surface area contributed by atoms with E-state index in [4.69, 9.17) is 0 Å². The first-order chi connectivity index (χ1) is 10.2. The summed E-state index contributed by atoms with van der Waals surface area (Å²) < 4.78 is 0. The van der Waals surface area contributed by atoms with E-state index in [1.165, 1.54) is 0 Å². The second kappa shape index (κ2) is 7.52. The molecule has 1 amide bonds. The van der Waals surface area contributed by atoms with Crippen molar-refractivity contribution in [1.29, 1.82) is 0 Å². The fraction of sp³-hybridized carbons (Fsp3) is 0.438. The molecule has 1 aliphatic rings. The Morgan fingerprint density at radius 1 is 1.52 bits per heavy atom. The van der Waals surface area contributed by atoms with E-state index >= 15 is 0 Å². The molecule has 0 spiro atoms. The van der Waals surface area contributed by atoms with Gasteiger partial charge in [-0.25, -0.2) is 0 Å². The van der Waals surface area contributed by atoms with Crippen molar-refractivity contribution in [1.82, 2.24) is 5.32 Å². The third-order valence-corrected chi connectivity index (χ3v) is 4.34. The van der Waals surface area contributed by atoms with Gasteiger partial charge in [0.15, 0.2) is 0 Å². The van der Waals surface area contributed by atoms with E-state index in [-0.39, 0.29) is 11.8 Å². The van der Waals surface area contributed by atoms with Crippen molar-refractivity contribution in [3.63, 3.8) is 0 Å². The van der Waals surface area contributed by atoms with Gasteiger partial charge in [-0.2, -0.15) is 0 Å². The van der Waals surface area contributed by atoms with Crippen LogP contribution in [0.4, 0.5) is 11.4 Å². The topological polar surface area (TPSA) is 53.2 Å². The van der Waals surface area contributed by atoms with Gasteiger partial charge in [0.2, 0.25) is 5.91 Å². The highest BCUT2D eigenvalue weighted by molar-refractivity contribution is 8.07. The summed E-state index contributed by atoms with van der Waals surface area (Å²) >= 11 is 1.63. The third kappa shape index (κ3) is 4.02. The van der Waals surface area contributed by atoms with Crippen LogP contribution in [-0.2, 0) is 4.79 Å². The number of thioether (sulfide) groups is 1. The highest BCUT2D eigenvalue weighted by Crippen LogP contribution is 2.32. The van der Waals surface area contributed by atoms with Gasteiger partial charge in [-0.05, 0) is 44.3 Å². The van der Waals surface area contributed by atoms with Crippen LogP contribution in [0, 0.1) is 5.92 Å². The normalized spacial score (nSPS) is 17.5. The molecule has 21 heavy (non-hydrogen) atoms. The van der Waals surface area contributed by atoms with Gasteiger partial charge in [0.1, 0.15) is 0 Å². The number of anilines is 2. The minimum Gasteiger partial charge on any atom is -0.385 e. The molecule has 4 nitrogen and oxygen atoms in total. The number of amides is 1.